The van der Waals surface area contributed by atoms with Crippen molar-refractivity contribution < 1.29 is 24.9 Å². The van der Waals surface area contributed by atoms with Crippen molar-refractivity contribution in [3.05, 3.63) is 12.4 Å². The minimum absolute atomic E-state index is 0.238. The number of aromatic nitrogens is 3. The fourth-order valence-corrected chi connectivity index (χ4v) is 1.29. The maximum atomic E-state index is 9.22. The Labute approximate surface area is 117 Å². The molecule has 1 aromatic rings. The van der Waals surface area contributed by atoms with E-state index in [2.05, 4.69) is 16.0 Å². The van der Waals surface area contributed by atoms with Crippen LogP contribution in [0, 0.1) is 0 Å². The van der Waals surface area contributed by atoms with Gasteiger partial charge < -0.3 is 25.8 Å². The number of ether oxygens (including phenoxy) is 1. The van der Waals surface area contributed by atoms with Gasteiger partial charge >= 0.3 is 0 Å². The summed E-state index contributed by atoms with van der Waals surface area (Å²) in [5.74, 6) is -0.333. The summed E-state index contributed by atoms with van der Waals surface area (Å²) in [6, 6.07) is 0. The minimum Gasteiger partial charge on any atom is -0.394 e. The third kappa shape index (κ3) is 8.53. The van der Waals surface area contributed by atoms with E-state index in [1.54, 1.807) is 17.1 Å². The van der Waals surface area contributed by atoms with Gasteiger partial charge in [-0.2, -0.15) is 0 Å². The molecule has 3 atom stereocenters. The standard InChI is InChI=1S/C6H12O4.C3H5N3.C2H5NO/c7-3-5-6(9)4(8)1-2-10-5;1-6-3-2-4-5-6;1-2(3)4/h4-9H,1-3H2;2-3H,1H3;1H3,(H2,3,4). The van der Waals surface area contributed by atoms with E-state index >= 15 is 0 Å². The Bertz CT molecular complexity index is 356. The number of amides is 1. The molecule has 5 N–H and O–H groups in total. The predicted octanol–water partition coefficient (Wildman–Crippen LogP) is -2.20. The molecule has 1 aliphatic heterocycles. The molecule has 0 bridgehead atoms. The second kappa shape index (κ2) is 10.3. The molecule has 0 radical (unpaired) electrons. The van der Waals surface area contributed by atoms with E-state index in [9.17, 15) is 4.79 Å². The molecule has 9 heteroatoms. The van der Waals surface area contributed by atoms with Gasteiger partial charge in [0.2, 0.25) is 5.91 Å². The number of aryl methyl sites for hydroxylation is 1. The van der Waals surface area contributed by atoms with E-state index < -0.39 is 18.3 Å². The lowest BCUT2D eigenvalue weighted by molar-refractivity contribution is -0.147. The molecular weight excluding hydrogens is 268 g/mol. The number of nitrogens with zero attached hydrogens (tertiary/aromatic N) is 3. The Kier molecular flexibility index (Phi) is 9.47. The zero-order valence-electron chi connectivity index (χ0n) is 11.6. The Morgan fingerprint density at radius 2 is 2.15 bits per heavy atom. The van der Waals surface area contributed by atoms with E-state index in [0.717, 1.165) is 0 Å². The molecule has 116 valence electrons. The molecule has 0 aliphatic carbocycles. The van der Waals surface area contributed by atoms with Gasteiger partial charge in [0.25, 0.3) is 0 Å². The van der Waals surface area contributed by atoms with Crippen molar-refractivity contribution in [3.8, 4) is 0 Å². The average molecular weight is 290 g/mol. The van der Waals surface area contributed by atoms with Crippen LogP contribution < -0.4 is 5.73 Å². The summed E-state index contributed by atoms with van der Waals surface area (Å²) in [5.41, 5.74) is 4.47. The van der Waals surface area contributed by atoms with Crippen LogP contribution in [0.15, 0.2) is 12.4 Å². The van der Waals surface area contributed by atoms with E-state index in [4.69, 9.17) is 20.1 Å². The predicted molar refractivity (Wildman–Crippen MR) is 69.3 cm³/mol. The number of hydrogen-bond acceptors (Lipinski definition) is 7. The first kappa shape index (κ1) is 18.4. The molecule has 1 aliphatic rings. The molecule has 1 amide bonds. The summed E-state index contributed by atoms with van der Waals surface area (Å²) in [4.78, 5) is 9.22. The Morgan fingerprint density at radius 3 is 2.45 bits per heavy atom. The van der Waals surface area contributed by atoms with Crippen molar-refractivity contribution in [1.29, 1.82) is 0 Å². The summed E-state index contributed by atoms with van der Waals surface area (Å²) in [5, 5.41) is 33.8. The number of aliphatic hydroxyl groups excluding tert-OH is 3. The molecule has 1 fully saturated rings. The van der Waals surface area contributed by atoms with Gasteiger partial charge in [-0.1, -0.05) is 5.21 Å². The monoisotopic (exact) mass is 290 g/mol. The van der Waals surface area contributed by atoms with Crippen LogP contribution in [-0.4, -0.2) is 67.7 Å². The molecular formula is C11H22N4O5. The highest BCUT2D eigenvalue weighted by Gasteiger charge is 2.30. The fourth-order valence-electron chi connectivity index (χ4n) is 1.29. The largest absolute Gasteiger partial charge is 0.394 e. The normalized spacial score (nSPS) is 24.8. The summed E-state index contributed by atoms with van der Waals surface area (Å²) >= 11 is 0. The summed E-state index contributed by atoms with van der Waals surface area (Å²) < 4.78 is 6.59. The number of carbonyl (C=O) groups is 1. The van der Waals surface area contributed by atoms with Crippen LogP contribution in [0.25, 0.3) is 0 Å². The smallest absolute Gasteiger partial charge is 0.214 e. The summed E-state index contributed by atoms with van der Waals surface area (Å²) in [6.07, 6.45) is 1.57. The van der Waals surface area contributed by atoms with E-state index in [0.29, 0.717) is 13.0 Å². The lowest BCUT2D eigenvalue weighted by atomic mass is 10.0. The molecule has 2 heterocycles. The Morgan fingerprint density at radius 1 is 1.55 bits per heavy atom. The maximum Gasteiger partial charge on any atom is 0.214 e. The Balaban J connectivity index is 0.000000307. The van der Waals surface area contributed by atoms with Crippen molar-refractivity contribution in [2.45, 2.75) is 31.7 Å². The number of nitrogens with two attached hydrogens (primary N) is 1. The van der Waals surface area contributed by atoms with Gasteiger partial charge in [0, 0.05) is 26.8 Å². The van der Waals surface area contributed by atoms with E-state index in [-0.39, 0.29) is 12.5 Å². The van der Waals surface area contributed by atoms with Crippen molar-refractivity contribution in [3.63, 3.8) is 0 Å². The lowest BCUT2D eigenvalue weighted by Gasteiger charge is -2.30. The van der Waals surface area contributed by atoms with Crippen molar-refractivity contribution in [2.75, 3.05) is 13.2 Å². The first-order valence-corrected chi connectivity index (χ1v) is 6.03. The van der Waals surface area contributed by atoms with Crippen molar-refractivity contribution in [1.82, 2.24) is 15.0 Å². The van der Waals surface area contributed by atoms with Crippen LogP contribution in [0.5, 0.6) is 0 Å². The highest BCUT2D eigenvalue weighted by atomic mass is 16.5. The van der Waals surface area contributed by atoms with E-state index in [1.165, 1.54) is 6.92 Å². The topological polar surface area (TPSA) is 144 Å². The number of rotatable bonds is 1. The highest BCUT2D eigenvalue weighted by Crippen LogP contribution is 2.13. The van der Waals surface area contributed by atoms with Crippen LogP contribution >= 0.6 is 0 Å². The number of aliphatic hydroxyl groups is 3. The van der Waals surface area contributed by atoms with Crippen molar-refractivity contribution in [2.24, 2.45) is 12.8 Å². The quantitative estimate of drug-likeness (QED) is 0.459. The zero-order valence-corrected chi connectivity index (χ0v) is 11.6. The average Bonchev–Trinajstić information content (AvgIpc) is 2.84. The summed E-state index contributed by atoms with van der Waals surface area (Å²) in [6.45, 7) is 1.47. The van der Waals surface area contributed by atoms with Gasteiger partial charge in [-0.25, -0.2) is 0 Å². The van der Waals surface area contributed by atoms with Crippen LogP contribution in [0.1, 0.15) is 13.3 Å². The second-order valence-electron chi connectivity index (χ2n) is 4.13. The SMILES string of the molecule is CC(N)=O.Cn1ccnn1.OCC1OCCC(O)C1O. The van der Waals surface area contributed by atoms with Crippen LogP contribution in [0.4, 0.5) is 0 Å². The second-order valence-corrected chi connectivity index (χ2v) is 4.13. The van der Waals surface area contributed by atoms with Gasteiger partial charge in [-0.3, -0.25) is 9.48 Å². The van der Waals surface area contributed by atoms with Gasteiger partial charge in [-0.05, 0) is 6.42 Å². The number of primary amides is 1. The first-order chi connectivity index (χ1) is 9.38. The van der Waals surface area contributed by atoms with Crippen LogP contribution in [-0.2, 0) is 16.6 Å². The fraction of sp³-hybridized carbons (Fsp3) is 0.727. The molecule has 1 saturated heterocycles. The van der Waals surface area contributed by atoms with E-state index in [1.807, 2.05) is 7.05 Å². The number of carbonyl (C=O) groups excluding carboxylic acids is 1. The van der Waals surface area contributed by atoms with Crippen molar-refractivity contribution >= 4 is 5.91 Å². The van der Waals surface area contributed by atoms with Gasteiger partial charge in [0.05, 0.1) is 18.9 Å². The minimum atomic E-state index is -0.932. The maximum absolute atomic E-state index is 9.22. The molecule has 0 aromatic carbocycles. The molecule has 0 spiro atoms. The molecule has 0 saturated carbocycles. The van der Waals surface area contributed by atoms with Gasteiger partial charge in [0.1, 0.15) is 12.2 Å². The molecule has 1 aromatic heterocycles. The first-order valence-electron chi connectivity index (χ1n) is 6.03. The molecule has 9 nitrogen and oxygen atoms in total. The summed E-state index contributed by atoms with van der Waals surface area (Å²) in [7, 11) is 1.83. The van der Waals surface area contributed by atoms with Crippen LogP contribution in [0.2, 0.25) is 0 Å². The lowest BCUT2D eigenvalue weighted by Crippen LogP contribution is -2.46. The molecule has 2 rings (SSSR count). The third-order valence-electron chi connectivity index (χ3n) is 2.24. The number of hydrogen-bond donors (Lipinski definition) is 4. The Hall–Kier alpha value is -1.55. The van der Waals surface area contributed by atoms with Gasteiger partial charge in [-0.15, -0.1) is 5.10 Å². The molecule has 3 unspecified atom stereocenters. The molecule has 20 heavy (non-hydrogen) atoms. The zero-order chi connectivity index (χ0) is 15.5. The van der Waals surface area contributed by atoms with Crippen LogP contribution in [0.3, 0.4) is 0 Å². The third-order valence-corrected chi connectivity index (χ3v) is 2.24. The van der Waals surface area contributed by atoms with Gasteiger partial charge in [0.15, 0.2) is 0 Å². The highest BCUT2D eigenvalue weighted by molar-refractivity contribution is 5.70.